The van der Waals surface area contributed by atoms with Crippen molar-refractivity contribution < 1.29 is 0 Å². The average molecular weight is 259 g/mol. The molecule has 0 fully saturated rings. The van der Waals surface area contributed by atoms with Gasteiger partial charge >= 0.3 is 0 Å². The molecule has 0 bridgehead atoms. The molecule has 1 aromatic heterocycles. The topological polar surface area (TPSA) is 39.8 Å². The van der Waals surface area contributed by atoms with Crippen molar-refractivity contribution in [2.75, 3.05) is 10.6 Å². The van der Waals surface area contributed by atoms with Crippen LogP contribution in [0, 0.1) is 0 Å². The molecule has 3 N–H and O–H groups in total. The van der Waals surface area contributed by atoms with Crippen LogP contribution in [0.4, 0.5) is 11.4 Å². The molecule has 2 aromatic carbocycles. The highest BCUT2D eigenvalue weighted by atomic mass is 15.2. The second-order valence-electron chi connectivity index (χ2n) is 5.33. The fourth-order valence-corrected chi connectivity index (χ4v) is 3.25. The Hall–Kier alpha value is -2.68. The Morgan fingerprint density at radius 1 is 0.850 bits per heavy atom. The van der Waals surface area contributed by atoms with E-state index in [9.17, 15) is 0 Å². The number of fused-ring (bicyclic) bond motifs is 6. The number of hydrogen-bond acceptors (Lipinski definition) is 2. The number of anilines is 2. The van der Waals surface area contributed by atoms with Gasteiger partial charge in [-0.15, -0.1) is 0 Å². The van der Waals surface area contributed by atoms with Crippen molar-refractivity contribution in [3.05, 3.63) is 59.8 Å². The van der Waals surface area contributed by atoms with Crippen LogP contribution in [0.2, 0.25) is 0 Å². The maximum absolute atomic E-state index is 3.62. The lowest BCUT2D eigenvalue weighted by Crippen LogP contribution is -2.27. The Morgan fingerprint density at radius 3 is 2.70 bits per heavy atom. The summed E-state index contributed by atoms with van der Waals surface area (Å²) in [6, 6.07) is 16.9. The molecule has 0 saturated carbocycles. The van der Waals surface area contributed by atoms with Gasteiger partial charge in [0, 0.05) is 27.7 Å². The molecule has 0 spiro atoms. The highest BCUT2D eigenvalue weighted by molar-refractivity contribution is 6.06. The van der Waals surface area contributed by atoms with E-state index in [0.717, 1.165) is 5.69 Å². The number of nitrogens with one attached hydrogen (secondary N) is 3. The third-order valence-corrected chi connectivity index (χ3v) is 4.17. The molecule has 96 valence electrons. The van der Waals surface area contributed by atoms with Crippen LogP contribution in [-0.2, 0) is 0 Å². The van der Waals surface area contributed by atoms with Gasteiger partial charge in [-0.2, -0.15) is 0 Å². The van der Waals surface area contributed by atoms with Crippen molar-refractivity contribution in [1.29, 1.82) is 0 Å². The van der Waals surface area contributed by atoms with Crippen molar-refractivity contribution in [1.82, 2.24) is 4.98 Å². The average Bonchev–Trinajstić information content (AvgIpc) is 3.02. The normalized spacial score (nSPS) is 18.6. The van der Waals surface area contributed by atoms with Gasteiger partial charge in [-0.05, 0) is 18.2 Å². The van der Waals surface area contributed by atoms with Crippen LogP contribution in [0.3, 0.4) is 0 Å². The van der Waals surface area contributed by atoms with E-state index in [2.05, 4.69) is 70.2 Å². The first-order chi connectivity index (χ1) is 9.90. The monoisotopic (exact) mass is 259 g/mol. The largest absolute Gasteiger partial charge is 0.361 e. The molecule has 0 radical (unpaired) electrons. The van der Waals surface area contributed by atoms with Crippen molar-refractivity contribution in [2.45, 2.75) is 6.17 Å². The molecule has 0 saturated heterocycles. The zero-order valence-corrected chi connectivity index (χ0v) is 10.8. The lowest BCUT2D eigenvalue weighted by atomic mass is 10.0. The van der Waals surface area contributed by atoms with Gasteiger partial charge in [0.2, 0.25) is 0 Å². The Labute approximate surface area is 116 Å². The van der Waals surface area contributed by atoms with Gasteiger partial charge in [-0.1, -0.05) is 36.4 Å². The summed E-state index contributed by atoms with van der Waals surface area (Å²) in [5.41, 5.74) is 7.32. The minimum atomic E-state index is 0.166. The fourth-order valence-electron chi connectivity index (χ4n) is 3.25. The van der Waals surface area contributed by atoms with Crippen LogP contribution in [0.1, 0.15) is 11.3 Å². The van der Waals surface area contributed by atoms with Crippen LogP contribution in [0.25, 0.3) is 22.6 Å². The summed E-state index contributed by atoms with van der Waals surface area (Å²) in [5.74, 6) is 0. The van der Waals surface area contributed by atoms with E-state index in [0.29, 0.717) is 0 Å². The molecule has 2 aliphatic rings. The Kier molecular flexibility index (Phi) is 1.75. The number of rotatable bonds is 0. The molecule has 3 nitrogen and oxygen atoms in total. The van der Waals surface area contributed by atoms with Crippen molar-refractivity contribution in [3.8, 4) is 0 Å². The van der Waals surface area contributed by atoms with E-state index >= 15 is 0 Å². The van der Waals surface area contributed by atoms with E-state index in [1.807, 2.05) is 0 Å². The van der Waals surface area contributed by atoms with Crippen LogP contribution in [0.15, 0.2) is 48.5 Å². The molecule has 3 aromatic rings. The molecule has 3 heterocycles. The third kappa shape index (κ3) is 1.19. The Balaban J connectivity index is 1.76. The quantitative estimate of drug-likeness (QED) is 0.573. The molecule has 5 rings (SSSR count). The van der Waals surface area contributed by atoms with Gasteiger partial charge in [0.25, 0.3) is 0 Å². The molecular formula is C17H13N3. The molecule has 3 heteroatoms. The fraction of sp³-hybridized carbons (Fsp3) is 0.0588. The summed E-state index contributed by atoms with van der Waals surface area (Å²) >= 11 is 0. The number of hydrogen-bond donors (Lipinski definition) is 3. The van der Waals surface area contributed by atoms with Crippen LogP contribution in [0.5, 0.6) is 0 Å². The summed E-state index contributed by atoms with van der Waals surface area (Å²) < 4.78 is 0. The number of H-pyrrole nitrogens is 1. The lowest BCUT2D eigenvalue weighted by molar-refractivity contribution is 1.06. The zero-order valence-electron chi connectivity index (χ0n) is 10.8. The smallest absolute Gasteiger partial charge is 0.124 e. The Bertz CT molecular complexity index is 873. The number of para-hydroxylation sites is 2. The maximum atomic E-state index is 3.62. The van der Waals surface area contributed by atoms with E-state index < -0.39 is 0 Å². The number of aromatic amines is 1. The van der Waals surface area contributed by atoms with Crippen LogP contribution >= 0.6 is 0 Å². The summed E-state index contributed by atoms with van der Waals surface area (Å²) in [6.07, 6.45) is 2.43. The summed E-state index contributed by atoms with van der Waals surface area (Å²) in [7, 11) is 0. The second-order valence-corrected chi connectivity index (χ2v) is 5.33. The summed E-state index contributed by atoms with van der Waals surface area (Å²) in [4.78, 5) is 3.49. The van der Waals surface area contributed by atoms with Gasteiger partial charge in [-0.3, -0.25) is 0 Å². The predicted molar refractivity (Wildman–Crippen MR) is 83.6 cm³/mol. The first kappa shape index (κ1) is 10.1. The number of aromatic nitrogens is 1. The molecule has 1 atom stereocenters. The molecule has 0 amide bonds. The Morgan fingerprint density at radius 2 is 1.70 bits per heavy atom. The molecule has 2 aliphatic heterocycles. The van der Waals surface area contributed by atoms with Gasteiger partial charge in [0.15, 0.2) is 0 Å². The van der Waals surface area contributed by atoms with Gasteiger partial charge in [-0.25, -0.2) is 0 Å². The highest BCUT2D eigenvalue weighted by Crippen LogP contribution is 2.42. The summed E-state index contributed by atoms with van der Waals surface area (Å²) in [6.45, 7) is 0. The van der Waals surface area contributed by atoms with Crippen molar-refractivity contribution >= 4 is 33.9 Å². The first-order valence-corrected chi connectivity index (χ1v) is 6.85. The SMILES string of the molecule is C1=C2c3ccccc3NC2Nc2c1[nH]c1ccccc21. The molecular weight excluding hydrogens is 246 g/mol. The summed E-state index contributed by atoms with van der Waals surface area (Å²) in [5, 5.41) is 8.40. The van der Waals surface area contributed by atoms with Gasteiger partial charge < -0.3 is 15.6 Å². The first-order valence-electron chi connectivity index (χ1n) is 6.85. The molecule has 0 aliphatic carbocycles. The molecule has 1 unspecified atom stereocenters. The highest BCUT2D eigenvalue weighted by Gasteiger charge is 2.30. The van der Waals surface area contributed by atoms with Gasteiger partial charge in [0.1, 0.15) is 6.17 Å². The predicted octanol–water partition coefficient (Wildman–Crippen LogP) is 3.89. The zero-order chi connectivity index (χ0) is 13.1. The minimum Gasteiger partial charge on any atom is -0.361 e. The molecule has 20 heavy (non-hydrogen) atoms. The number of benzene rings is 2. The van der Waals surface area contributed by atoms with E-state index in [1.165, 1.54) is 33.4 Å². The van der Waals surface area contributed by atoms with Crippen LogP contribution < -0.4 is 10.6 Å². The van der Waals surface area contributed by atoms with Crippen molar-refractivity contribution in [3.63, 3.8) is 0 Å². The van der Waals surface area contributed by atoms with Gasteiger partial charge in [0.05, 0.1) is 11.4 Å². The minimum absolute atomic E-state index is 0.166. The van der Waals surface area contributed by atoms with E-state index in [4.69, 9.17) is 0 Å². The van der Waals surface area contributed by atoms with Crippen LogP contribution in [-0.4, -0.2) is 11.1 Å². The lowest BCUT2D eigenvalue weighted by Gasteiger charge is -2.21. The third-order valence-electron chi connectivity index (χ3n) is 4.17. The van der Waals surface area contributed by atoms with E-state index in [-0.39, 0.29) is 6.17 Å². The standard InChI is InChI=1S/C17H13N3/c1-3-7-13-10(5-1)12-9-15-16(20-17(12)19-13)11-6-2-4-8-14(11)18-15/h1-9,17-20H. The second kappa shape index (κ2) is 3.45. The van der Waals surface area contributed by atoms with Crippen molar-refractivity contribution in [2.24, 2.45) is 0 Å². The van der Waals surface area contributed by atoms with E-state index in [1.54, 1.807) is 0 Å². The maximum Gasteiger partial charge on any atom is 0.124 e.